The third-order valence-corrected chi connectivity index (χ3v) is 6.77. The smallest absolute Gasteiger partial charge is 0.491 e. The Morgan fingerprint density at radius 2 is 0.809 bits per heavy atom. The number of amides is 2. The number of nitrogens with one attached hydrogen (secondary N) is 2. The van der Waals surface area contributed by atoms with Gasteiger partial charge < -0.3 is 81.8 Å². The van der Waals surface area contributed by atoms with Crippen LogP contribution in [0.25, 0.3) is 0 Å². The quantitative estimate of drug-likeness (QED) is 0.162. The molecule has 0 bridgehead atoms. The first-order chi connectivity index (χ1) is 31.5. The number of hydrogen-bond acceptors (Lipinski definition) is 29. The van der Waals surface area contributed by atoms with Gasteiger partial charge in [0.15, 0.2) is 5.05 Å². The number of alkyl carbamates (subject to hydrolysis) is 1. The highest BCUT2D eigenvalue weighted by atomic mass is 32.2. The molecule has 0 heterocycles. The Labute approximate surface area is 429 Å². The van der Waals surface area contributed by atoms with Gasteiger partial charge in [-0.15, -0.1) is 0 Å². The summed E-state index contributed by atoms with van der Waals surface area (Å²) in [7, 11) is 25.3. The fourth-order valence-corrected chi connectivity index (χ4v) is 1.36. The van der Waals surface area contributed by atoms with Crippen LogP contribution in [0.3, 0.4) is 0 Å². The van der Waals surface area contributed by atoms with Crippen molar-refractivity contribution < 1.29 is 109 Å². The third kappa shape index (κ3) is 119. The molecule has 2 amide bonds. The van der Waals surface area contributed by atoms with Crippen molar-refractivity contribution in [3.63, 3.8) is 0 Å². The Morgan fingerprint density at radius 3 is 0.824 bits per heavy atom. The topological polar surface area (TPSA) is 310 Å². The minimum absolute atomic E-state index is 0.176. The molecule has 2 N–H and O–H groups in total. The molecule has 0 saturated carbocycles. The highest BCUT2D eigenvalue weighted by molar-refractivity contribution is 8.22. The molecule has 0 radical (unpaired) electrons. The van der Waals surface area contributed by atoms with Crippen LogP contribution in [-0.2, 0) is 90.3 Å². The van der Waals surface area contributed by atoms with E-state index in [0.29, 0.717) is 14.6 Å². The predicted molar refractivity (Wildman–Crippen MR) is 271 cm³/mol. The molecule has 404 valence electrons. The van der Waals surface area contributed by atoms with Crippen LogP contribution in [0.15, 0.2) is 0 Å². The Morgan fingerprint density at radius 1 is 0.441 bits per heavy atom. The normalized spacial score (nSPS) is 7.34. The lowest BCUT2D eigenvalue weighted by atomic mass is 10.5. The Kier molecular flexibility index (Phi) is 99.8. The van der Waals surface area contributed by atoms with Gasteiger partial charge in [0, 0.05) is 61.2 Å². The number of hydrogen-bond donors (Lipinski definition) is 2. The summed E-state index contributed by atoms with van der Waals surface area (Å²) >= 11 is 20.5. The lowest BCUT2D eigenvalue weighted by Gasteiger charge is -2.05. The van der Waals surface area contributed by atoms with E-state index in [1.165, 1.54) is 102 Å². The second-order valence-corrected chi connectivity index (χ2v) is 12.3. The number of methoxy groups -OCH3 is 14. The molecule has 0 aliphatic heterocycles. The summed E-state index contributed by atoms with van der Waals surface area (Å²) in [5.74, 6) is -3.56. The molecular formula is C36H71N3O23S6. The van der Waals surface area contributed by atoms with Crippen molar-refractivity contribution in [2.45, 2.75) is 20.8 Å². The Balaban J connectivity index is -0.0000000585. The van der Waals surface area contributed by atoms with E-state index in [1.54, 1.807) is 48.5 Å². The van der Waals surface area contributed by atoms with Crippen LogP contribution in [0, 0.1) is 0 Å². The number of ketones is 1. The highest BCUT2D eigenvalue weighted by Gasteiger charge is 2.12. The number of esters is 4. The standard InChI is InChI=1S/C4H9NO2.C4H6O4.C4H6O3.C3H7NO2.C3H7NOS.C3H6O3.2C3H6O2S.C3H6O2.C3H6OS2.C3H6OS/c1-5(2)4(6)7-3;1-7-3(5)4(6)8-2;1-3(5)4(6)7-2;1-4-3(5)6-2;1-4-3(6)5-2;2*1-5-3(4)6-2;1-4-3(6)5-2;1-3(4)5-2;1-4-3(5)6-2;1-3(5)4-2/h1-3H3;1-2H3;1-2H3;1-2H3,(H,4,5);1-2H3,(H,4,6);3*1-2H3;1-2H3;1-2H3;1-2H3. The number of carbonyl (C=O) groups excluding carboxylic acids is 9. The van der Waals surface area contributed by atoms with Gasteiger partial charge in [-0.05, 0) is 60.9 Å². The van der Waals surface area contributed by atoms with Crippen molar-refractivity contribution in [3.05, 3.63) is 0 Å². The molecule has 0 saturated heterocycles. The first-order valence-electron chi connectivity index (χ1n) is 17.1. The van der Waals surface area contributed by atoms with Crippen molar-refractivity contribution in [3.8, 4) is 0 Å². The molecule has 0 rings (SSSR count). The first-order valence-corrected chi connectivity index (χ1v) is 21.2. The lowest BCUT2D eigenvalue weighted by molar-refractivity contribution is -0.164. The summed E-state index contributed by atoms with van der Waals surface area (Å²) in [6.07, 6.45) is 2.17. The minimum Gasteiger partial charge on any atom is -0.491 e. The van der Waals surface area contributed by atoms with Crippen LogP contribution in [0.4, 0.5) is 19.2 Å². The zero-order chi connectivity index (χ0) is 56.8. The SMILES string of the molecule is CNC(=O)OC.CNC(=S)OC.COC(=O)C(=O)OC.COC(=O)C(C)=O.COC(=O)N(C)C.COC(=O)OC.COC(=O)SC.COC(=S)OC.COC(=S)SC.COC(C)=O.COC(C)=S. The molecule has 26 nitrogen and oxygen atoms in total. The number of thiocarbonyl (C=S) groups is 4. The fourth-order valence-electron chi connectivity index (χ4n) is 1.03. The van der Waals surface area contributed by atoms with Crippen LogP contribution < -0.4 is 10.6 Å². The molecule has 0 atom stereocenters. The minimum atomic E-state index is -0.979. The van der Waals surface area contributed by atoms with Crippen molar-refractivity contribution in [1.82, 2.24) is 15.5 Å². The zero-order valence-corrected chi connectivity index (χ0v) is 47.7. The lowest BCUT2D eigenvalue weighted by Crippen LogP contribution is -2.20. The maximum absolute atomic E-state index is 10.2. The summed E-state index contributed by atoms with van der Waals surface area (Å²) in [5.41, 5.74) is 0. The van der Waals surface area contributed by atoms with Crippen molar-refractivity contribution in [2.24, 2.45) is 0 Å². The number of Topliss-reactive ketones (excluding diaryl/α,β-unsaturated/α-hetero) is 1. The van der Waals surface area contributed by atoms with E-state index in [1.807, 2.05) is 6.26 Å². The molecule has 0 aromatic carbocycles. The van der Waals surface area contributed by atoms with Gasteiger partial charge in [-0.25, -0.2) is 33.6 Å². The van der Waals surface area contributed by atoms with E-state index in [2.05, 4.69) is 126 Å². The first kappa shape index (κ1) is 89.3. The van der Waals surface area contributed by atoms with Gasteiger partial charge in [0.2, 0.25) is 10.2 Å². The average Bonchev–Trinajstić information content (AvgIpc) is 3.37. The van der Waals surface area contributed by atoms with Crippen molar-refractivity contribution >= 4 is 146 Å². The average molecular weight is 1110 g/mol. The maximum Gasteiger partial charge on any atom is 0.507 e. The molecule has 0 aliphatic carbocycles. The summed E-state index contributed by atoms with van der Waals surface area (Å²) < 4.78 is 59.9. The van der Waals surface area contributed by atoms with E-state index in [0.717, 1.165) is 32.9 Å². The van der Waals surface area contributed by atoms with Crippen LogP contribution >= 0.6 is 72.4 Å². The van der Waals surface area contributed by atoms with Gasteiger partial charge in [-0.2, -0.15) is 0 Å². The van der Waals surface area contributed by atoms with Crippen LogP contribution in [0.5, 0.6) is 0 Å². The number of rotatable bonds is 1. The van der Waals surface area contributed by atoms with E-state index in [9.17, 15) is 43.2 Å². The van der Waals surface area contributed by atoms with Gasteiger partial charge in [0.1, 0.15) is 0 Å². The van der Waals surface area contributed by atoms with E-state index >= 15 is 0 Å². The Bertz CT molecular complexity index is 1170. The fraction of sp³-hybridized carbons (Fsp3) is 0.639. The molecule has 0 aliphatic rings. The molecule has 32 heteroatoms. The van der Waals surface area contributed by atoms with Crippen LogP contribution in [0.2, 0.25) is 0 Å². The monoisotopic (exact) mass is 1110 g/mol. The molecule has 0 aromatic rings. The number of nitrogens with zero attached hydrogens (tertiary/aromatic N) is 1. The number of carbonyl (C=O) groups is 9. The van der Waals surface area contributed by atoms with Gasteiger partial charge in [0.05, 0.1) is 99.5 Å². The highest BCUT2D eigenvalue weighted by Crippen LogP contribution is 1.95. The molecule has 68 heavy (non-hydrogen) atoms. The van der Waals surface area contributed by atoms with Crippen LogP contribution in [-0.4, -0.2) is 218 Å². The molecule has 0 spiro atoms. The second-order valence-electron chi connectivity index (χ2n) is 8.90. The summed E-state index contributed by atoms with van der Waals surface area (Å²) in [6.45, 7) is 4.25. The summed E-state index contributed by atoms with van der Waals surface area (Å²) in [5, 5.41) is 5.83. The summed E-state index contributed by atoms with van der Waals surface area (Å²) in [6, 6.07) is 0. The van der Waals surface area contributed by atoms with Gasteiger partial charge in [-0.1, -0.05) is 11.8 Å². The van der Waals surface area contributed by atoms with Crippen molar-refractivity contribution in [1.29, 1.82) is 0 Å². The van der Waals surface area contributed by atoms with Crippen molar-refractivity contribution in [2.75, 3.05) is 140 Å². The van der Waals surface area contributed by atoms with Gasteiger partial charge in [0.25, 0.3) is 5.17 Å². The number of ether oxygens (including phenoxy) is 14. The molecule has 0 aromatic heterocycles. The molecule has 0 fully saturated rings. The largest absolute Gasteiger partial charge is 0.507 e. The van der Waals surface area contributed by atoms with Gasteiger partial charge >= 0.3 is 52.8 Å². The zero-order valence-electron chi connectivity index (χ0n) is 42.8. The molecule has 0 unspecified atom stereocenters. The van der Waals surface area contributed by atoms with E-state index < -0.39 is 35.9 Å². The molecular weight excluding hydrogens is 1030 g/mol. The maximum atomic E-state index is 10.2. The second kappa shape index (κ2) is 76.0. The van der Waals surface area contributed by atoms with E-state index in [-0.39, 0.29) is 22.6 Å². The Hall–Kier alpha value is -5.31. The predicted octanol–water partition coefficient (Wildman–Crippen LogP) is 4.02. The summed E-state index contributed by atoms with van der Waals surface area (Å²) in [4.78, 5) is 90.6. The number of thioether (sulfide) groups is 2. The third-order valence-electron chi connectivity index (χ3n) is 4.24. The van der Waals surface area contributed by atoms with Crippen LogP contribution in [0.1, 0.15) is 20.8 Å². The van der Waals surface area contributed by atoms with Gasteiger partial charge in [-0.3, -0.25) is 9.59 Å². The van der Waals surface area contributed by atoms with E-state index in [4.69, 9.17) is 0 Å².